The van der Waals surface area contributed by atoms with Crippen molar-refractivity contribution in [3.8, 4) is 5.75 Å². The van der Waals surface area contributed by atoms with Crippen LogP contribution in [-0.4, -0.2) is 48.3 Å². The van der Waals surface area contributed by atoms with Crippen LogP contribution in [-0.2, 0) is 18.9 Å². The summed E-state index contributed by atoms with van der Waals surface area (Å²) in [5, 5.41) is 10.2. The van der Waals surface area contributed by atoms with Crippen LogP contribution in [0.2, 0.25) is 0 Å². The highest BCUT2D eigenvalue weighted by molar-refractivity contribution is 5.36. The number of hydrogen-bond acceptors (Lipinski definition) is 5. The van der Waals surface area contributed by atoms with Gasteiger partial charge in [-0.2, -0.15) is 0 Å². The molecule has 4 unspecified atom stereocenters. The topological polar surface area (TPSA) is 57.2 Å². The van der Waals surface area contributed by atoms with Crippen molar-refractivity contribution in [2.75, 3.05) is 13.2 Å². The summed E-state index contributed by atoms with van der Waals surface area (Å²) in [6.07, 6.45) is -0.609. The second-order valence-corrected chi connectivity index (χ2v) is 6.90. The third kappa shape index (κ3) is 3.11. The van der Waals surface area contributed by atoms with Gasteiger partial charge in [-0.1, -0.05) is 18.2 Å². The molecule has 2 aliphatic heterocycles. The number of hydrogen-bond donors (Lipinski definition) is 1. The van der Waals surface area contributed by atoms with Gasteiger partial charge in [0.05, 0.1) is 25.4 Å². The van der Waals surface area contributed by atoms with Crippen LogP contribution in [0.25, 0.3) is 0 Å². The fourth-order valence-electron chi connectivity index (χ4n) is 3.30. The number of phenolic OH excluding ortho intramolecular Hbond substituents is 1. The van der Waals surface area contributed by atoms with E-state index in [1.165, 1.54) is 0 Å². The van der Waals surface area contributed by atoms with E-state index < -0.39 is 5.60 Å². The lowest BCUT2D eigenvalue weighted by molar-refractivity contribution is -0.181. The summed E-state index contributed by atoms with van der Waals surface area (Å²) in [4.78, 5) is 0. The van der Waals surface area contributed by atoms with Gasteiger partial charge in [0, 0.05) is 5.56 Å². The van der Waals surface area contributed by atoms with E-state index in [1.807, 2.05) is 39.8 Å². The minimum absolute atomic E-state index is 0.0642. The highest BCUT2D eigenvalue weighted by atomic mass is 16.7. The first-order valence-corrected chi connectivity index (χ1v) is 8.27. The molecular weight excluding hydrogens is 296 g/mol. The molecule has 5 heteroatoms. The minimum Gasteiger partial charge on any atom is -0.508 e. The number of benzene rings is 1. The predicted octanol–water partition coefficient (Wildman–Crippen LogP) is 2.82. The third-order valence-electron chi connectivity index (χ3n) is 4.32. The molecule has 0 amide bonds. The van der Waals surface area contributed by atoms with E-state index in [9.17, 15) is 5.11 Å². The number of ether oxygens (including phenoxy) is 4. The molecule has 0 spiro atoms. The molecule has 1 N–H and O–H groups in total. The first kappa shape index (κ1) is 16.7. The number of para-hydroxylation sites is 1. The zero-order valence-corrected chi connectivity index (χ0v) is 14.2. The fourth-order valence-corrected chi connectivity index (χ4v) is 3.30. The van der Waals surface area contributed by atoms with Crippen molar-refractivity contribution in [3.05, 3.63) is 29.8 Å². The Morgan fingerprint density at radius 2 is 1.96 bits per heavy atom. The van der Waals surface area contributed by atoms with Crippen molar-refractivity contribution in [2.45, 2.75) is 63.8 Å². The smallest absolute Gasteiger partial charge is 0.144 e. The maximum Gasteiger partial charge on any atom is 0.144 e. The van der Waals surface area contributed by atoms with Gasteiger partial charge < -0.3 is 24.1 Å². The van der Waals surface area contributed by atoms with Gasteiger partial charge in [-0.25, -0.2) is 0 Å². The number of fused-ring (bicyclic) bond motifs is 2. The molecule has 128 valence electrons. The molecule has 4 atom stereocenters. The SMILES string of the molecule is CC(C)OCC12COC(C(c3ccccc3O)O1)C2OC(C)C. The Morgan fingerprint density at radius 1 is 1.22 bits per heavy atom. The van der Waals surface area contributed by atoms with Crippen LogP contribution in [0.5, 0.6) is 5.75 Å². The average Bonchev–Trinajstić information content (AvgIpc) is 2.97. The number of aromatic hydroxyl groups is 1. The van der Waals surface area contributed by atoms with Gasteiger partial charge >= 0.3 is 0 Å². The third-order valence-corrected chi connectivity index (χ3v) is 4.32. The molecule has 3 rings (SSSR count). The molecule has 2 heterocycles. The van der Waals surface area contributed by atoms with Crippen molar-refractivity contribution < 1.29 is 24.1 Å². The van der Waals surface area contributed by atoms with E-state index in [2.05, 4.69) is 0 Å². The molecule has 2 fully saturated rings. The number of phenols is 1. The van der Waals surface area contributed by atoms with Gasteiger partial charge in [0.15, 0.2) is 0 Å². The van der Waals surface area contributed by atoms with E-state index in [0.717, 1.165) is 5.56 Å². The molecule has 5 nitrogen and oxygen atoms in total. The van der Waals surface area contributed by atoms with Crippen LogP contribution < -0.4 is 0 Å². The Hall–Kier alpha value is -1.14. The summed E-state index contributed by atoms with van der Waals surface area (Å²) in [6.45, 7) is 8.87. The van der Waals surface area contributed by atoms with E-state index in [-0.39, 0.29) is 36.3 Å². The second-order valence-electron chi connectivity index (χ2n) is 6.90. The van der Waals surface area contributed by atoms with Crippen molar-refractivity contribution in [1.82, 2.24) is 0 Å². The summed E-state index contributed by atoms with van der Waals surface area (Å²) in [6, 6.07) is 7.22. The van der Waals surface area contributed by atoms with Crippen molar-refractivity contribution in [1.29, 1.82) is 0 Å². The monoisotopic (exact) mass is 322 g/mol. The first-order chi connectivity index (χ1) is 10.9. The Balaban J connectivity index is 1.88. The van der Waals surface area contributed by atoms with E-state index in [0.29, 0.717) is 13.2 Å². The summed E-state index contributed by atoms with van der Waals surface area (Å²) in [7, 11) is 0. The lowest BCUT2D eigenvalue weighted by Gasteiger charge is -2.32. The highest BCUT2D eigenvalue weighted by Gasteiger charge is 2.63. The normalized spacial score (nSPS) is 33.0. The minimum atomic E-state index is -0.619. The van der Waals surface area contributed by atoms with Gasteiger partial charge in [-0.15, -0.1) is 0 Å². The molecule has 2 bridgehead atoms. The second kappa shape index (κ2) is 6.40. The fraction of sp³-hybridized carbons (Fsp3) is 0.667. The van der Waals surface area contributed by atoms with E-state index in [1.54, 1.807) is 12.1 Å². The maximum absolute atomic E-state index is 10.2. The van der Waals surface area contributed by atoms with Crippen LogP contribution in [0.4, 0.5) is 0 Å². The molecule has 2 aliphatic rings. The summed E-state index contributed by atoms with van der Waals surface area (Å²) in [5.74, 6) is 0.219. The van der Waals surface area contributed by atoms with Gasteiger partial charge in [0.25, 0.3) is 0 Å². The van der Waals surface area contributed by atoms with Crippen molar-refractivity contribution >= 4 is 0 Å². The molecule has 0 aromatic heterocycles. The van der Waals surface area contributed by atoms with Crippen molar-refractivity contribution in [3.63, 3.8) is 0 Å². The number of rotatable bonds is 6. The Bertz CT molecular complexity index is 544. The Kier molecular flexibility index (Phi) is 4.65. The van der Waals surface area contributed by atoms with Crippen LogP contribution in [0.1, 0.15) is 39.4 Å². The van der Waals surface area contributed by atoms with Gasteiger partial charge in [-0.05, 0) is 33.8 Å². The Morgan fingerprint density at radius 3 is 2.61 bits per heavy atom. The molecule has 1 aromatic rings. The molecular formula is C18H26O5. The molecule has 1 aromatic carbocycles. The van der Waals surface area contributed by atoms with Gasteiger partial charge in [0.2, 0.25) is 0 Å². The molecule has 0 saturated carbocycles. The van der Waals surface area contributed by atoms with Crippen LogP contribution in [0, 0.1) is 0 Å². The standard InChI is InChI=1S/C18H26O5/c1-11(2)20-9-18-10-21-16(17(18)22-12(3)4)15(23-18)13-7-5-6-8-14(13)19/h5-8,11-12,15-17,19H,9-10H2,1-4H3. The van der Waals surface area contributed by atoms with Crippen LogP contribution in [0.15, 0.2) is 24.3 Å². The van der Waals surface area contributed by atoms with Crippen molar-refractivity contribution in [2.24, 2.45) is 0 Å². The largest absolute Gasteiger partial charge is 0.508 e. The Labute approximate surface area is 137 Å². The van der Waals surface area contributed by atoms with Crippen LogP contribution in [0.3, 0.4) is 0 Å². The molecule has 0 radical (unpaired) electrons. The zero-order chi connectivity index (χ0) is 16.6. The lowest BCUT2D eigenvalue weighted by atomic mass is 9.96. The van der Waals surface area contributed by atoms with Gasteiger partial charge in [-0.3, -0.25) is 0 Å². The summed E-state index contributed by atoms with van der Waals surface area (Å²) < 4.78 is 24.3. The molecule has 23 heavy (non-hydrogen) atoms. The van der Waals surface area contributed by atoms with E-state index >= 15 is 0 Å². The zero-order valence-electron chi connectivity index (χ0n) is 14.2. The summed E-state index contributed by atoms with van der Waals surface area (Å²) >= 11 is 0. The lowest BCUT2D eigenvalue weighted by Crippen LogP contribution is -2.47. The van der Waals surface area contributed by atoms with E-state index in [4.69, 9.17) is 18.9 Å². The highest BCUT2D eigenvalue weighted by Crippen LogP contribution is 2.50. The molecule has 2 saturated heterocycles. The predicted molar refractivity (Wildman–Crippen MR) is 85.5 cm³/mol. The average molecular weight is 322 g/mol. The maximum atomic E-state index is 10.2. The van der Waals surface area contributed by atoms with Gasteiger partial charge in [0.1, 0.15) is 29.7 Å². The molecule has 0 aliphatic carbocycles. The first-order valence-electron chi connectivity index (χ1n) is 8.27. The quantitative estimate of drug-likeness (QED) is 0.873. The van der Waals surface area contributed by atoms with Crippen LogP contribution >= 0.6 is 0 Å². The summed E-state index contributed by atoms with van der Waals surface area (Å²) in [5.41, 5.74) is 0.118.